The first-order chi connectivity index (χ1) is 13.6. The first-order valence-corrected chi connectivity index (χ1v) is 10.7. The number of rotatable bonds is 14. The molecule has 2 rings (SSSR count). The zero-order valence-electron chi connectivity index (χ0n) is 16.8. The summed E-state index contributed by atoms with van der Waals surface area (Å²) in [5, 5.41) is 41.7. The molecule has 6 nitrogen and oxygen atoms in total. The molecule has 0 amide bonds. The summed E-state index contributed by atoms with van der Waals surface area (Å²) in [5.74, 6) is -2.06. The van der Waals surface area contributed by atoms with E-state index in [2.05, 4.69) is 35.6 Å². The van der Waals surface area contributed by atoms with Gasteiger partial charge in [-0.15, -0.1) is 0 Å². The highest BCUT2D eigenvalue weighted by Crippen LogP contribution is 2.28. The summed E-state index contributed by atoms with van der Waals surface area (Å²) in [5.41, 5.74) is 1.43. The maximum absolute atomic E-state index is 9.86. The topological polar surface area (TPSA) is 102 Å². The van der Waals surface area contributed by atoms with Gasteiger partial charge in [0.25, 0.3) is 0 Å². The fourth-order valence-corrected chi connectivity index (χ4v) is 3.69. The summed E-state index contributed by atoms with van der Waals surface area (Å²) in [7, 11) is 0. The third-order valence-corrected chi connectivity index (χ3v) is 5.51. The van der Waals surface area contributed by atoms with E-state index in [1.165, 1.54) is 50.5 Å². The van der Waals surface area contributed by atoms with Crippen molar-refractivity contribution in [2.45, 2.75) is 81.9 Å². The molecule has 1 aromatic carbocycles. The molecule has 1 fully saturated rings. The average Bonchev–Trinajstić information content (AvgIpc) is 2.94. The number of ether oxygens (including phenoxy) is 1. The SMILES string of the molecule is OC[C@]1(O)O[C@H](CNCCCCCCCCCCc2ccccc2)[C@H](O)[C@H]1O. The molecular formula is C22H37NO5. The molecule has 160 valence electrons. The van der Waals surface area contributed by atoms with Crippen LogP contribution in [0, 0.1) is 0 Å². The molecule has 1 aliphatic heterocycles. The molecule has 6 heteroatoms. The number of nitrogens with one attached hydrogen (secondary N) is 1. The predicted molar refractivity (Wildman–Crippen MR) is 109 cm³/mol. The monoisotopic (exact) mass is 395 g/mol. The molecule has 1 aromatic rings. The summed E-state index contributed by atoms with van der Waals surface area (Å²) < 4.78 is 5.19. The Labute approximate surface area is 168 Å². The predicted octanol–water partition coefficient (Wildman–Crippen LogP) is 1.74. The zero-order valence-corrected chi connectivity index (χ0v) is 16.8. The molecule has 0 aliphatic carbocycles. The lowest BCUT2D eigenvalue weighted by molar-refractivity contribution is -0.245. The van der Waals surface area contributed by atoms with E-state index >= 15 is 0 Å². The highest BCUT2D eigenvalue weighted by Gasteiger charge is 2.52. The molecule has 5 N–H and O–H groups in total. The van der Waals surface area contributed by atoms with Gasteiger partial charge in [-0.3, -0.25) is 0 Å². The smallest absolute Gasteiger partial charge is 0.219 e. The number of benzene rings is 1. The van der Waals surface area contributed by atoms with Crippen LogP contribution < -0.4 is 5.32 Å². The van der Waals surface area contributed by atoms with E-state index in [9.17, 15) is 15.3 Å². The fourth-order valence-electron chi connectivity index (χ4n) is 3.69. The average molecular weight is 396 g/mol. The van der Waals surface area contributed by atoms with E-state index in [1.807, 2.05) is 0 Å². The van der Waals surface area contributed by atoms with Crippen molar-refractivity contribution in [3.05, 3.63) is 35.9 Å². The van der Waals surface area contributed by atoms with E-state index in [-0.39, 0.29) is 0 Å². The summed E-state index contributed by atoms with van der Waals surface area (Å²) in [6, 6.07) is 10.7. The summed E-state index contributed by atoms with van der Waals surface area (Å²) in [6.07, 6.45) is 7.63. The maximum atomic E-state index is 9.86. The van der Waals surface area contributed by atoms with Crippen LogP contribution >= 0.6 is 0 Å². The van der Waals surface area contributed by atoms with Crippen LogP contribution in [0.3, 0.4) is 0 Å². The van der Waals surface area contributed by atoms with Gasteiger partial charge in [-0.1, -0.05) is 68.9 Å². The molecule has 1 heterocycles. The first-order valence-electron chi connectivity index (χ1n) is 10.7. The van der Waals surface area contributed by atoms with Gasteiger partial charge in [0.15, 0.2) is 0 Å². The minimum Gasteiger partial charge on any atom is -0.391 e. The first kappa shape index (κ1) is 23.3. The standard InChI is InChI=1S/C22H37NO5/c24-17-22(27)21(26)20(25)19(28-22)16-23-15-11-6-4-2-1-3-5-8-12-18-13-9-7-10-14-18/h7,9-10,13-14,19-21,23-27H,1-6,8,11-12,15-17H2/t19-,20+,21-,22+/m1/s1. The Morgan fingerprint density at radius 2 is 1.50 bits per heavy atom. The Bertz CT molecular complexity index is 529. The number of aryl methyl sites for hydroxylation is 1. The molecule has 28 heavy (non-hydrogen) atoms. The molecule has 0 bridgehead atoms. The molecule has 1 aliphatic rings. The Kier molecular flexibility index (Phi) is 10.4. The molecular weight excluding hydrogens is 358 g/mol. The van der Waals surface area contributed by atoms with Crippen molar-refractivity contribution in [2.75, 3.05) is 19.7 Å². The van der Waals surface area contributed by atoms with Crippen LogP contribution in [0.15, 0.2) is 30.3 Å². The fraction of sp³-hybridized carbons (Fsp3) is 0.727. The minimum atomic E-state index is -2.06. The highest BCUT2D eigenvalue weighted by atomic mass is 16.7. The third-order valence-electron chi connectivity index (χ3n) is 5.51. The molecule has 1 saturated heterocycles. The normalized spacial score (nSPS) is 27.4. The number of unbranched alkanes of at least 4 members (excludes halogenated alkanes) is 7. The molecule has 4 atom stereocenters. The van der Waals surface area contributed by atoms with E-state index < -0.39 is 30.7 Å². The number of hydrogen-bond acceptors (Lipinski definition) is 6. The van der Waals surface area contributed by atoms with Crippen molar-refractivity contribution in [1.82, 2.24) is 5.32 Å². The van der Waals surface area contributed by atoms with Gasteiger partial charge in [0.05, 0.1) is 6.61 Å². The Morgan fingerprint density at radius 1 is 0.893 bits per heavy atom. The van der Waals surface area contributed by atoms with Crippen LogP contribution in [-0.4, -0.2) is 64.2 Å². The van der Waals surface area contributed by atoms with E-state index in [4.69, 9.17) is 9.84 Å². The molecule has 0 saturated carbocycles. The lowest BCUT2D eigenvalue weighted by Gasteiger charge is -2.22. The van der Waals surface area contributed by atoms with Crippen molar-refractivity contribution in [3.8, 4) is 0 Å². The molecule has 0 aromatic heterocycles. The van der Waals surface area contributed by atoms with E-state index in [0.717, 1.165) is 19.4 Å². The third kappa shape index (κ3) is 7.43. The summed E-state index contributed by atoms with van der Waals surface area (Å²) in [6.45, 7) is 0.396. The van der Waals surface area contributed by atoms with Crippen LogP contribution in [-0.2, 0) is 11.2 Å². The van der Waals surface area contributed by atoms with Crippen molar-refractivity contribution in [1.29, 1.82) is 0 Å². The minimum absolute atomic E-state index is 0.335. The lowest BCUT2D eigenvalue weighted by atomic mass is 10.0. The Hall–Kier alpha value is -1.02. The van der Waals surface area contributed by atoms with Gasteiger partial charge < -0.3 is 30.5 Å². The maximum Gasteiger partial charge on any atom is 0.219 e. The van der Waals surface area contributed by atoms with E-state index in [1.54, 1.807) is 0 Å². The largest absolute Gasteiger partial charge is 0.391 e. The molecule has 0 unspecified atom stereocenters. The highest BCUT2D eigenvalue weighted by molar-refractivity contribution is 5.14. The second-order valence-electron chi connectivity index (χ2n) is 7.86. The summed E-state index contributed by atoms with van der Waals surface area (Å²) >= 11 is 0. The van der Waals surface area contributed by atoms with Crippen LogP contribution in [0.4, 0.5) is 0 Å². The van der Waals surface area contributed by atoms with Crippen LogP contribution in [0.25, 0.3) is 0 Å². The molecule has 0 radical (unpaired) electrons. The Morgan fingerprint density at radius 3 is 2.11 bits per heavy atom. The van der Waals surface area contributed by atoms with Crippen molar-refractivity contribution < 1.29 is 25.2 Å². The number of aliphatic hydroxyl groups excluding tert-OH is 3. The van der Waals surface area contributed by atoms with Gasteiger partial charge >= 0.3 is 0 Å². The van der Waals surface area contributed by atoms with Crippen LogP contribution in [0.5, 0.6) is 0 Å². The van der Waals surface area contributed by atoms with Gasteiger partial charge in [-0.25, -0.2) is 0 Å². The van der Waals surface area contributed by atoms with Crippen LogP contribution in [0.2, 0.25) is 0 Å². The second-order valence-corrected chi connectivity index (χ2v) is 7.86. The van der Waals surface area contributed by atoms with Crippen LogP contribution in [0.1, 0.15) is 56.9 Å². The van der Waals surface area contributed by atoms with Gasteiger partial charge in [0.1, 0.15) is 18.3 Å². The van der Waals surface area contributed by atoms with Crippen molar-refractivity contribution in [2.24, 2.45) is 0 Å². The number of hydrogen-bond donors (Lipinski definition) is 5. The van der Waals surface area contributed by atoms with E-state index in [0.29, 0.717) is 6.54 Å². The quantitative estimate of drug-likeness (QED) is 0.308. The number of aliphatic hydroxyl groups is 4. The summed E-state index contributed by atoms with van der Waals surface area (Å²) in [4.78, 5) is 0. The lowest BCUT2D eigenvalue weighted by Crippen LogP contribution is -2.46. The molecule has 0 spiro atoms. The van der Waals surface area contributed by atoms with Gasteiger partial charge in [-0.05, 0) is 31.4 Å². The van der Waals surface area contributed by atoms with Crippen molar-refractivity contribution in [3.63, 3.8) is 0 Å². The van der Waals surface area contributed by atoms with Gasteiger partial charge in [-0.2, -0.15) is 0 Å². The van der Waals surface area contributed by atoms with Gasteiger partial charge in [0.2, 0.25) is 5.79 Å². The zero-order chi connectivity index (χ0) is 20.2. The van der Waals surface area contributed by atoms with Gasteiger partial charge in [0, 0.05) is 6.54 Å². The van der Waals surface area contributed by atoms with Crippen molar-refractivity contribution >= 4 is 0 Å². The second kappa shape index (κ2) is 12.5. The Balaban J connectivity index is 1.38.